The third-order valence-corrected chi connectivity index (χ3v) is 5.29. The molecule has 0 atom stereocenters. The Labute approximate surface area is 168 Å². The Balaban J connectivity index is 1.58. The van der Waals surface area contributed by atoms with Crippen molar-refractivity contribution in [2.75, 3.05) is 11.9 Å². The fourth-order valence-electron chi connectivity index (χ4n) is 2.16. The number of rotatable bonds is 6. The van der Waals surface area contributed by atoms with Gasteiger partial charge in [0.2, 0.25) is 5.13 Å². The van der Waals surface area contributed by atoms with Crippen molar-refractivity contribution < 1.29 is 9.53 Å². The predicted octanol–water partition coefficient (Wildman–Crippen LogP) is 5.20. The molecule has 0 saturated carbocycles. The van der Waals surface area contributed by atoms with Gasteiger partial charge in [-0.1, -0.05) is 48.1 Å². The summed E-state index contributed by atoms with van der Waals surface area (Å²) in [6.07, 6.45) is 0.937. The van der Waals surface area contributed by atoms with Crippen LogP contribution in [0.2, 0.25) is 5.02 Å². The number of aryl methyl sites for hydroxylation is 1. The Morgan fingerprint density at radius 1 is 1.23 bits per heavy atom. The molecule has 3 aromatic rings. The van der Waals surface area contributed by atoms with Crippen LogP contribution in [0.3, 0.4) is 0 Å². The predicted molar refractivity (Wildman–Crippen MR) is 108 cm³/mol. The maximum Gasteiger partial charge on any atom is 0.264 e. The van der Waals surface area contributed by atoms with E-state index < -0.39 is 0 Å². The lowest BCUT2D eigenvalue weighted by molar-refractivity contribution is -0.118. The first-order valence-electron chi connectivity index (χ1n) is 7.85. The Kier molecular flexibility index (Phi) is 6.24. The quantitative estimate of drug-likeness (QED) is 0.558. The highest BCUT2D eigenvalue weighted by molar-refractivity contribution is 9.10. The van der Waals surface area contributed by atoms with Crippen molar-refractivity contribution in [2.45, 2.75) is 13.3 Å². The minimum atomic E-state index is -0.296. The second-order valence-corrected chi connectivity index (χ2v) is 7.64. The fraction of sp³-hybridized carbons (Fsp3) is 0.167. The van der Waals surface area contributed by atoms with Crippen molar-refractivity contribution in [3.63, 3.8) is 0 Å². The van der Waals surface area contributed by atoms with E-state index >= 15 is 0 Å². The smallest absolute Gasteiger partial charge is 0.264 e. The number of carbonyl (C=O) groups excluding carboxylic acids is 1. The monoisotopic (exact) mass is 451 g/mol. The molecule has 1 heterocycles. The van der Waals surface area contributed by atoms with Gasteiger partial charge in [-0.2, -0.15) is 0 Å². The van der Waals surface area contributed by atoms with Gasteiger partial charge in [0.1, 0.15) is 10.8 Å². The van der Waals surface area contributed by atoms with Crippen LogP contribution in [0.5, 0.6) is 5.75 Å². The molecular weight excluding hydrogens is 438 g/mol. The Bertz CT molecular complexity index is 915. The van der Waals surface area contributed by atoms with Gasteiger partial charge in [-0.25, -0.2) is 0 Å². The molecule has 0 fully saturated rings. The molecule has 134 valence electrons. The summed E-state index contributed by atoms with van der Waals surface area (Å²) in [6.45, 7) is 1.97. The lowest BCUT2D eigenvalue weighted by Crippen LogP contribution is -2.20. The van der Waals surface area contributed by atoms with Crippen LogP contribution < -0.4 is 10.1 Å². The first-order valence-corrected chi connectivity index (χ1v) is 9.84. The van der Waals surface area contributed by atoms with E-state index in [9.17, 15) is 4.79 Å². The van der Waals surface area contributed by atoms with Gasteiger partial charge in [0, 0.05) is 10.6 Å². The maximum absolute atomic E-state index is 12.1. The van der Waals surface area contributed by atoms with E-state index in [1.165, 1.54) is 16.9 Å². The lowest BCUT2D eigenvalue weighted by atomic mass is 10.2. The van der Waals surface area contributed by atoms with Gasteiger partial charge < -0.3 is 4.74 Å². The molecule has 0 aliphatic rings. The van der Waals surface area contributed by atoms with Crippen molar-refractivity contribution >= 4 is 49.9 Å². The minimum Gasteiger partial charge on any atom is -0.483 e. The normalized spacial score (nSPS) is 10.6. The summed E-state index contributed by atoms with van der Waals surface area (Å²) in [7, 11) is 0. The molecule has 3 rings (SSSR count). The molecule has 0 saturated heterocycles. The van der Waals surface area contributed by atoms with E-state index in [0.717, 1.165) is 16.5 Å². The van der Waals surface area contributed by atoms with Crippen molar-refractivity contribution in [1.82, 2.24) is 10.2 Å². The van der Waals surface area contributed by atoms with Crippen molar-refractivity contribution in [3.8, 4) is 16.3 Å². The number of hydrogen-bond donors (Lipinski definition) is 1. The third kappa shape index (κ3) is 4.81. The summed E-state index contributed by atoms with van der Waals surface area (Å²) in [5, 5.41) is 12.5. The second kappa shape index (κ2) is 8.62. The van der Waals surface area contributed by atoms with Gasteiger partial charge in [-0.3, -0.25) is 10.1 Å². The molecule has 26 heavy (non-hydrogen) atoms. The summed E-state index contributed by atoms with van der Waals surface area (Å²) in [5.41, 5.74) is 2.08. The van der Waals surface area contributed by atoms with Crippen LogP contribution in [-0.2, 0) is 11.2 Å². The Morgan fingerprint density at radius 3 is 2.69 bits per heavy atom. The van der Waals surface area contributed by atoms with Gasteiger partial charge in [0.05, 0.1) is 4.47 Å². The van der Waals surface area contributed by atoms with E-state index in [-0.39, 0.29) is 12.5 Å². The van der Waals surface area contributed by atoms with Gasteiger partial charge in [-0.05, 0) is 52.2 Å². The van der Waals surface area contributed by atoms with E-state index in [0.29, 0.717) is 20.9 Å². The van der Waals surface area contributed by atoms with Gasteiger partial charge in [-0.15, -0.1) is 10.2 Å². The largest absolute Gasteiger partial charge is 0.483 e. The summed E-state index contributed by atoms with van der Waals surface area (Å²) in [5.74, 6) is 0.326. The zero-order valence-electron chi connectivity index (χ0n) is 13.8. The summed E-state index contributed by atoms with van der Waals surface area (Å²) in [6, 6.07) is 13.1. The topological polar surface area (TPSA) is 64.1 Å². The second-order valence-electron chi connectivity index (χ2n) is 5.37. The summed E-state index contributed by atoms with van der Waals surface area (Å²) in [4.78, 5) is 12.1. The van der Waals surface area contributed by atoms with Gasteiger partial charge in [0.25, 0.3) is 5.91 Å². The summed E-state index contributed by atoms with van der Waals surface area (Å²) < 4.78 is 6.38. The zero-order valence-corrected chi connectivity index (χ0v) is 17.0. The molecule has 1 amide bonds. The number of nitrogens with zero attached hydrogens (tertiary/aromatic N) is 2. The molecule has 0 bridgehead atoms. The van der Waals surface area contributed by atoms with Gasteiger partial charge >= 0.3 is 0 Å². The van der Waals surface area contributed by atoms with E-state index in [1.807, 2.05) is 30.3 Å². The number of benzene rings is 2. The maximum atomic E-state index is 12.1. The molecule has 0 aliphatic carbocycles. The molecule has 5 nitrogen and oxygen atoms in total. The highest BCUT2D eigenvalue weighted by Gasteiger charge is 2.11. The van der Waals surface area contributed by atoms with Crippen LogP contribution in [0, 0.1) is 0 Å². The first-order chi connectivity index (χ1) is 12.5. The van der Waals surface area contributed by atoms with Crippen molar-refractivity contribution in [3.05, 3.63) is 57.5 Å². The fourth-order valence-corrected chi connectivity index (χ4v) is 3.59. The number of amides is 1. The van der Waals surface area contributed by atoms with Crippen molar-refractivity contribution in [2.24, 2.45) is 0 Å². The van der Waals surface area contributed by atoms with E-state index in [4.69, 9.17) is 16.3 Å². The molecule has 0 aliphatic heterocycles. The number of aromatic nitrogens is 2. The molecule has 0 spiro atoms. The number of hydrogen-bond acceptors (Lipinski definition) is 5. The molecule has 2 aromatic carbocycles. The number of anilines is 1. The van der Waals surface area contributed by atoms with E-state index in [1.54, 1.807) is 12.1 Å². The highest BCUT2D eigenvalue weighted by atomic mass is 79.9. The van der Waals surface area contributed by atoms with Crippen LogP contribution in [0.15, 0.2) is 46.9 Å². The number of ether oxygens (including phenoxy) is 1. The first kappa shape index (κ1) is 18.8. The molecule has 1 aromatic heterocycles. The van der Waals surface area contributed by atoms with Crippen LogP contribution in [0.1, 0.15) is 12.5 Å². The standard InChI is InChI=1S/C18H15BrClN3O2S/c1-2-11-3-8-15(14(19)9-11)25-10-16(24)21-18-23-22-17(26-18)12-4-6-13(20)7-5-12/h3-9H,2,10H2,1H3,(H,21,23,24). The Morgan fingerprint density at radius 2 is 2.00 bits per heavy atom. The minimum absolute atomic E-state index is 0.111. The van der Waals surface area contributed by atoms with Crippen LogP contribution in [0.25, 0.3) is 10.6 Å². The number of nitrogens with one attached hydrogen (secondary N) is 1. The SMILES string of the molecule is CCc1ccc(OCC(=O)Nc2nnc(-c3ccc(Cl)cc3)s2)c(Br)c1. The van der Waals surface area contributed by atoms with Crippen molar-refractivity contribution in [1.29, 1.82) is 0 Å². The van der Waals surface area contributed by atoms with E-state index in [2.05, 4.69) is 38.4 Å². The number of carbonyl (C=O) groups is 1. The molecule has 0 unspecified atom stereocenters. The third-order valence-electron chi connectivity index (χ3n) is 3.53. The average molecular weight is 453 g/mol. The zero-order chi connectivity index (χ0) is 18.5. The average Bonchev–Trinajstić information content (AvgIpc) is 3.09. The summed E-state index contributed by atoms with van der Waals surface area (Å²) >= 11 is 10.6. The van der Waals surface area contributed by atoms with Crippen LogP contribution in [-0.4, -0.2) is 22.7 Å². The molecule has 1 N–H and O–H groups in total. The molecule has 0 radical (unpaired) electrons. The molecule has 8 heteroatoms. The highest BCUT2D eigenvalue weighted by Crippen LogP contribution is 2.28. The Hall–Kier alpha value is -1.96. The van der Waals surface area contributed by atoms with Crippen LogP contribution in [0.4, 0.5) is 5.13 Å². The molecular formula is C18H15BrClN3O2S. The number of halogens is 2. The van der Waals surface area contributed by atoms with Crippen LogP contribution >= 0.6 is 38.9 Å². The van der Waals surface area contributed by atoms with Gasteiger partial charge in [0.15, 0.2) is 6.61 Å². The lowest BCUT2D eigenvalue weighted by Gasteiger charge is -2.08.